The first-order chi connectivity index (χ1) is 6.27. The van der Waals surface area contributed by atoms with Crippen molar-refractivity contribution in [1.82, 2.24) is 0 Å². The predicted molar refractivity (Wildman–Crippen MR) is 54.7 cm³/mol. The molecule has 0 unspecified atom stereocenters. The fourth-order valence-corrected chi connectivity index (χ4v) is 1.15. The number of phenolic OH excluding ortho intramolecular Hbond substituents is 1. The number of phenols is 1. The van der Waals surface area contributed by atoms with Crippen LogP contribution in [0, 0.1) is 6.07 Å². The van der Waals surface area contributed by atoms with Crippen LogP contribution in [0.15, 0.2) is 37.4 Å². The smallest absolute Gasteiger partial charge is 0.119 e. The van der Waals surface area contributed by atoms with E-state index in [1.54, 1.807) is 12.1 Å². The van der Waals surface area contributed by atoms with Gasteiger partial charge in [-0.15, -0.1) is 13.2 Å². The molecule has 1 radical (unpaired) electrons. The zero-order chi connectivity index (χ0) is 9.68. The van der Waals surface area contributed by atoms with Gasteiger partial charge in [-0.25, -0.2) is 0 Å². The van der Waals surface area contributed by atoms with Crippen LogP contribution in [0.5, 0.6) is 5.75 Å². The molecule has 0 atom stereocenters. The van der Waals surface area contributed by atoms with Crippen LogP contribution in [0.3, 0.4) is 0 Å². The molecule has 1 rings (SSSR count). The molecule has 1 aromatic rings. The van der Waals surface area contributed by atoms with Crippen molar-refractivity contribution in [2.75, 3.05) is 0 Å². The molecule has 0 fully saturated rings. The van der Waals surface area contributed by atoms with Gasteiger partial charge in [-0.3, -0.25) is 0 Å². The quantitative estimate of drug-likeness (QED) is 0.694. The molecule has 0 aromatic heterocycles. The molecule has 0 bridgehead atoms. The van der Waals surface area contributed by atoms with Crippen LogP contribution in [0.2, 0.25) is 0 Å². The second kappa shape index (κ2) is 4.51. The number of allylic oxidation sites excluding steroid dienone is 2. The molecule has 0 aliphatic heterocycles. The van der Waals surface area contributed by atoms with Gasteiger partial charge < -0.3 is 5.11 Å². The van der Waals surface area contributed by atoms with Crippen molar-refractivity contribution >= 4 is 0 Å². The average molecular weight is 173 g/mol. The van der Waals surface area contributed by atoms with Crippen LogP contribution in [-0.4, -0.2) is 5.11 Å². The van der Waals surface area contributed by atoms with E-state index in [1.807, 2.05) is 12.1 Å². The van der Waals surface area contributed by atoms with Crippen LogP contribution in [0.4, 0.5) is 0 Å². The average Bonchev–Trinajstić information content (AvgIpc) is 2.12. The largest absolute Gasteiger partial charge is 0.508 e. The molecule has 0 spiro atoms. The van der Waals surface area contributed by atoms with Gasteiger partial charge in [-0.2, -0.15) is 0 Å². The Morgan fingerprint density at radius 1 is 1.23 bits per heavy atom. The maximum atomic E-state index is 9.43. The second-order valence-corrected chi connectivity index (χ2v) is 2.83. The van der Waals surface area contributed by atoms with Gasteiger partial charge in [-0.05, 0) is 30.5 Å². The summed E-state index contributed by atoms with van der Waals surface area (Å²) in [6.07, 6.45) is 5.01. The minimum absolute atomic E-state index is 0.285. The molecular weight excluding hydrogens is 160 g/mol. The lowest BCUT2D eigenvalue weighted by Gasteiger charge is -2.03. The van der Waals surface area contributed by atoms with Crippen molar-refractivity contribution < 1.29 is 5.11 Å². The van der Waals surface area contributed by atoms with Crippen molar-refractivity contribution in [1.29, 1.82) is 0 Å². The number of hydrogen-bond acceptors (Lipinski definition) is 1. The first kappa shape index (κ1) is 9.59. The van der Waals surface area contributed by atoms with Crippen molar-refractivity contribution in [3.8, 4) is 5.75 Å². The Bertz CT molecular complexity index is 313. The molecule has 1 aromatic carbocycles. The molecule has 0 heterocycles. The zero-order valence-corrected chi connectivity index (χ0v) is 7.59. The molecule has 1 N–H and O–H groups in total. The van der Waals surface area contributed by atoms with Gasteiger partial charge >= 0.3 is 0 Å². The molecule has 1 heteroatoms. The lowest BCUT2D eigenvalue weighted by Crippen LogP contribution is -1.87. The van der Waals surface area contributed by atoms with Crippen LogP contribution in [0.25, 0.3) is 0 Å². The van der Waals surface area contributed by atoms with E-state index in [0.717, 1.165) is 17.5 Å². The van der Waals surface area contributed by atoms with Crippen LogP contribution in [-0.2, 0) is 12.8 Å². The Labute approximate surface area is 79.0 Å². The van der Waals surface area contributed by atoms with Crippen LogP contribution in [0.1, 0.15) is 11.1 Å². The highest BCUT2D eigenvalue weighted by Gasteiger charge is 2.00. The highest BCUT2D eigenvalue weighted by molar-refractivity contribution is 5.36. The number of hydrogen-bond donors (Lipinski definition) is 1. The third-order valence-corrected chi connectivity index (χ3v) is 1.78. The van der Waals surface area contributed by atoms with Crippen molar-refractivity contribution in [3.05, 3.63) is 54.6 Å². The summed E-state index contributed by atoms with van der Waals surface area (Å²) in [6, 6.07) is 6.66. The van der Waals surface area contributed by atoms with E-state index in [2.05, 4.69) is 19.2 Å². The van der Waals surface area contributed by atoms with E-state index < -0.39 is 0 Å². The minimum atomic E-state index is 0.285. The normalized spacial score (nSPS) is 9.54. The van der Waals surface area contributed by atoms with E-state index in [0.29, 0.717) is 6.42 Å². The van der Waals surface area contributed by atoms with Gasteiger partial charge in [0, 0.05) is 5.56 Å². The van der Waals surface area contributed by atoms with Crippen LogP contribution >= 0.6 is 0 Å². The maximum Gasteiger partial charge on any atom is 0.119 e. The molecule has 1 nitrogen and oxygen atoms in total. The number of aromatic hydroxyl groups is 1. The van der Waals surface area contributed by atoms with Gasteiger partial charge in [0.1, 0.15) is 5.75 Å². The fraction of sp³-hybridized carbons (Fsp3) is 0.167. The predicted octanol–water partition coefficient (Wildman–Crippen LogP) is 2.65. The molecular formula is C12H13O. The Morgan fingerprint density at radius 3 is 2.54 bits per heavy atom. The Hall–Kier alpha value is -1.50. The third kappa shape index (κ3) is 2.48. The lowest BCUT2D eigenvalue weighted by molar-refractivity contribution is 0.469. The number of benzene rings is 1. The standard InChI is InChI=1S/C12H13O/c1-3-5-10-7-8-12(13)11(9-10)6-4-2/h3-4,7-8,13H,1-2,5-6H2. The highest BCUT2D eigenvalue weighted by atomic mass is 16.3. The number of rotatable bonds is 4. The fourth-order valence-electron chi connectivity index (χ4n) is 1.15. The van der Waals surface area contributed by atoms with Crippen molar-refractivity contribution in [3.63, 3.8) is 0 Å². The van der Waals surface area contributed by atoms with Gasteiger partial charge in [0.05, 0.1) is 0 Å². The summed E-state index contributed by atoms with van der Waals surface area (Å²) in [7, 11) is 0. The van der Waals surface area contributed by atoms with Gasteiger partial charge in [0.15, 0.2) is 0 Å². The SMILES string of the molecule is C=CCc1[c]c(CC=C)c(O)cc1. The van der Waals surface area contributed by atoms with E-state index in [9.17, 15) is 5.11 Å². The summed E-state index contributed by atoms with van der Waals surface area (Å²) >= 11 is 0. The zero-order valence-electron chi connectivity index (χ0n) is 7.59. The topological polar surface area (TPSA) is 20.2 Å². The molecule has 0 saturated heterocycles. The van der Waals surface area contributed by atoms with Crippen molar-refractivity contribution in [2.24, 2.45) is 0 Å². The van der Waals surface area contributed by atoms with E-state index in [4.69, 9.17) is 0 Å². The van der Waals surface area contributed by atoms with Gasteiger partial charge in [-0.1, -0.05) is 18.2 Å². The monoisotopic (exact) mass is 173 g/mol. The third-order valence-electron chi connectivity index (χ3n) is 1.78. The first-order valence-electron chi connectivity index (χ1n) is 4.22. The Morgan fingerprint density at radius 2 is 1.92 bits per heavy atom. The lowest BCUT2D eigenvalue weighted by atomic mass is 10.0. The minimum Gasteiger partial charge on any atom is -0.508 e. The summed E-state index contributed by atoms with van der Waals surface area (Å²) in [5, 5.41) is 9.43. The maximum absolute atomic E-state index is 9.43. The van der Waals surface area contributed by atoms with Gasteiger partial charge in [0.25, 0.3) is 0 Å². The highest BCUT2D eigenvalue weighted by Crippen LogP contribution is 2.18. The first-order valence-corrected chi connectivity index (χ1v) is 4.22. The molecule has 0 amide bonds. The molecule has 13 heavy (non-hydrogen) atoms. The van der Waals surface area contributed by atoms with Crippen molar-refractivity contribution in [2.45, 2.75) is 12.8 Å². The summed E-state index contributed by atoms with van der Waals surface area (Å²) in [5.74, 6) is 0.285. The van der Waals surface area contributed by atoms with E-state index in [1.165, 1.54) is 0 Å². The molecule has 0 aliphatic rings. The van der Waals surface area contributed by atoms with E-state index in [-0.39, 0.29) is 5.75 Å². The van der Waals surface area contributed by atoms with E-state index >= 15 is 0 Å². The molecule has 0 aliphatic carbocycles. The second-order valence-electron chi connectivity index (χ2n) is 2.83. The van der Waals surface area contributed by atoms with Gasteiger partial charge in [0.2, 0.25) is 0 Å². The molecule has 0 saturated carbocycles. The van der Waals surface area contributed by atoms with Crippen LogP contribution < -0.4 is 0 Å². The summed E-state index contributed by atoms with van der Waals surface area (Å²) in [5.41, 5.74) is 1.85. The Balaban J connectivity index is 2.95. The Kier molecular flexibility index (Phi) is 3.32. The summed E-state index contributed by atoms with van der Waals surface area (Å²) < 4.78 is 0. The summed E-state index contributed by atoms with van der Waals surface area (Å²) in [4.78, 5) is 0. The summed E-state index contributed by atoms with van der Waals surface area (Å²) in [6.45, 7) is 7.27. The molecule has 67 valence electrons.